The van der Waals surface area contributed by atoms with Gasteiger partial charge < -0.3 is 5.32 Å². The van der Waals surface area contributed by atoms with Gasteiger partial charge in [0.2, 0.25) is 0 Å². The van der Waals surface area contributed by atoms with Crippen LogP contribution in [0.25, 0.3) is 0 Å². The number of hydrogen-bond acceptors (Lipinski definition) is 4. The van der Waals surface area contributed by atoms with E-state index >= 15 is 0 Å². The van der Waals surface area contributed by atoms with Crippen LogP contribution in [0.4, 0.5) is 0 Å². The van der Waals surface area contributed by atoms with E-state index in [-0.39, 0.29) is 0 Å². The lowest BCUT2D eigenvalue weighted by atomic mass is 10.2. The van der Waals surface area contributed by atoms with Gasteiger partial charge in [0.25, 0.3) is 0 Å². The minimum absolute atomic E-state index is 0.695. The van der Waals surface area contributed by atoms with Crippen LogP contribution in [-0.2, 0) is 6.42 Å². The van der Waals surface area contributed by atoms with Crippen LogP contribution in [0.2, 0.25) is 0 Å². The molecule has 0 fully saturated rings. The molecule has 2 rings (SSSR count). The lowest BCUT2D eigenvalue weighted by Crippen LogP contribution is -2.22. The number of nitrogens with one attached hydrogen (secondary N) is 1. The van der Waals surface area contributed by atoms with Crippen molar-refractivity contribution >= 4 is 16.9 Å². The first-order valence-electron chi connectivity index (χ1n) is 6.22. The van der Waals surface area contributed by atoms with Gasteiger partial charge in [0.15, 0.2) is 5.17 Å². The minimum atomic E-state index is 0.695. The molecule has 1 atom stereocenters. The maximum Gasteiger partial charge on any atom is 0.156 e. The fourth-order valence-electron chi connectivity index (χ4n) is 1.85. The van der Waals surface area contributed by atoms with E-state index in [0.717, 1.165) is 24.7 Å². The molecular formula is C13H19N3S. The number of hydrogen-bond donors (Lipinski definition) is 1. The predicted molar refractivity (Wildman–Crippen MR) is 74.5 cm³/mol. The number of aliphatic imine (C=N–C) groups is 1. The first-order chi connectivity index (χ1) is 8.38. The van der Waals surface area contributed by atoms with Crippen LogP contribution in [0.15, 0.2) is 29.5 Å². The van der Waals surface area contributed by atoms with Crippen LogP contribution in [-0.4, -0.2) is 28.5 Å². The van der Waals surface area contributed by atoms with Gasteiger partial charge in [-0.1, -0.05) is 31.2 Å². The van der Waals surface area contributed by atoms with Crippen LogP contribution in [0.3, 0.4) is 0 Å². The summed E-state index contributed by atoms with van der Waals surface area (Å²) in [4.78, 5) is 8.63. The summed E-state index contributed by atoms with van der Waals surface area (Å²) in [5.41, 5.74) is 1.27. The van der Waals surface area contributed by atoms with Crippen molar-refractivity contribution in [3.8, 4) is 0 Å². The maximum atomic E-state index is 4.52. The predicted octanol–water partition coefficient (Wildman–Crippen LogP) is 2.49. The van der Waals surface area contributed by atoms with Crippen molar-refractivity contribution in [2.45, 2.75) is 31.4 Å². The van der Waals surface area contributed by atoms with Gasteiger partial charge in [0.1, 0.15) is 0 Å². The molecule has 0 saturated heterocycles. The molecule has 1 N–H and O–H groups in total. The Labute approximate surface area is 107 Å². The first-order valence-corrected chi connectivity index (χ1v) is 7.10. The second-order valence-electron chi connectivity index (χ2n) is 4.21. The average Bonchev–Trinajstić information content (AvgIpc) is 2.79. The van der Waals surface area contributed by atoms with E-state index < -0.39 is 0 Å². The van der Waals surface area contributed by atoms with Gasteiger partial charge in [0.05, 0.1) is 6.54 Å². The molecule has 0 saturated carbocycles. The molecule has 1 aromatic rings. The zero-order valence-electron chi connectivity index (χ0n) is 10.2. The molecule has 2 heterocycles. The van der Waals surface area contributed by atoms with Crippen molar-refractivity contribution < 1.29 is 0 Å². The second-order valence-corrected chi connectivity index (χ2v) is 5.50. The summed E-state index contributed by atoms with van der Waals surface area (Å²) in [6.45, 7) is 4.15. The molecule has 3 nitrogen and oxygen atoms in total. The number of rotatable bonds is 5. The van der Waals surface area contributed by atoms with Gasteiger partial charge in [-0.2, -0.15) is 0 Å². The molecule has 4 heteroatoms. The fraction of sp³-hybridized carbons (Fsp3) is 0.538. The van der Waals surface area contributed by atoms with Crippen LogP contribution in [0, 0.1) is 0 Å². The molecule has 0 aromatic carbocycles. The Hall–Kier alpha value is -1.03. The number of pyridine rings is 1. The molecule has 1 unspecified atom stereocenters. The van der Waals surface area contributed by atoms with E-state index in [1.807, 2.05) is 30.2 Å². The van der Waals surface area contributed by atoms with Crippen molar-refractivity contribution in [2.75, 3.05) is 13.1 Å². The number of nitrogens with zero attached hydrogens (tertiary/aromatic N) is 2. The Kier molecular flexibility index (Phi) is 4.86. The van der Waals surface area contributed by atoms with Crippen LogP contribution in [0.5, 0.6) is 0 Å². The monoisotopic (exact) mass is 249 g/mol. The SMILES string of the molecule is CCCC1CN=C(NCCc2cccnc2)S1. The molecule has 0 bridgehead atoms. The lowest BCUT2D eigenvalue weighted by molar-refractivity contribution is 0.753. The van der Waals surface area contributed by atoms with Gasteiger partial charge in [-0.25, -0.2) is 0 Å². The van der Waals surface area contributed by atoms with E-state index in [9.17, 15) is 0 Å². The van der Waals surface area contributed by atoms with Gasteiger partial charge in [0, 0.05) is 24.2 Å². The third-order valence-corrected chi connectivity index (χ3v) is 3.95. The van der Waals surface area contributed by atoms with E-state index in [1.54, 1.807) is 0 Å². The van der Waals surface area contributed by atoms with E-state index in [4.69, 9.17) is 0 Å². The largest absolute Gasteiger partial charge is 0.365 e. The van der Waals surface area contributed by atoms with Gasteiger partial charge in [-0.15, -0.1) is 0 Å². The molecule has 1 aliphatic heterocycles. The third kappa shape index (κ3) is 4.04. The molecule has 0 spiro atoms. The van der Waals surface area contributed by atoms with Crippen molar-refractivity contribution in [3.63, 3.8) is 0 Å². The maximum absolute atomic E-state index is 4.52. The number of amidine groups is 1. The summed E-state index contributed by atoms with van der Waals surface area (Å²) in [6, 6.07) is 4.09. The normalized spacial score (nSPS) is 19.1. The van der Waals surface area contributed by atoms with Gasteiger partial charge in [-0.05, 0) is 24.5 Å². The van der Waals surface area contributed by atoms with Crippen molar-refractivity contribution in [3.05, 3.63) is 30.1 Å². The quantitative estimate of drug-likeness (QED) is 0.871. The highest BCUT2D eigenvalue weighted by molar-refractivity contribution is 8.14. The summed E-state index contributed by atoms with van der Waals surface area (Å²) >= 11 is 1.89. The highest BCUT2D eigenvalue weighted by atomic mass is 32.2. The highest BCUT2D eigenvalue weighted by Crippen LogP contribution is 2.23. The highest BCUT2D eigenvalue weighted by Gasteiger charge is 2.17. The molecule has 0 amide bonds. The van der Waals surface area contributed by atoms with Crippen molar-refractivity contribution in [1.29, 1.82) is 0 Å². The minimum Gasteiger partial charge on any atom is -0.365 e. The Balaban J connectivity index is 1.67. The zero-order chi connectivity index (χ0) is 11.9. The van der Waals surface area contributed by atoms with E-state index in [0.29, 0.717) is 5.25 Å². The second kappa shape index (κ2) is 6.64. The molecule has 1 aromatic heterocycles. The van der Waals surface area contributed by atoms with Gasteiger partial charge >= 0.3 is 0 Å². The Bertz CT molecular complexity index is 364. The Morgan fingerprint density at radius 1 is 1.53 bits per heavy atom. The fourth-order valence-corrected chi connectivity index (χ4v) is 3.00. The smallest absolute Gasteiger partial charge is 0.156 e. The van der Waals surface area contributed by atoms with E-state index in [2.05, 4.69) is 28.3 Å². The topological polar surface area (TPSA) is 37.3 Å². The van der Waals surface area contributed by atoms with Crippen molar-refractivity contribution in [1.82, 2.24) is 10.3 Å². The summed E-state index contributed by atoms with van der Waals surface area (Å²) in [5, 5.41) is 5.22. The zero-order valence-corrected chi connectivity index (χ0v) is 11.0. The van der Waals surface area contributed by atoms with Crippen LogP contribution in [0.1, 0.15) is 25.3 Å². The van der Waals surface area contributed by atoms with E-state index in [1.165, 1.54) is 18.4 Å². The lowest BCUT2D eigenvalue weighted by Gasteiger charge is -2.07. The molecule has 92 valence electrons. The molecule has 17 heavy (non-hydrogen) atoms. The summed E-state index contributed by atoms with van der Waals surface area (Å²) < 4.78 is 0. The molecule has 0 radical (unpaired) electrons. The Morgan fingerprint density at radius 2 is 2.47 bits per heavy atom. The van der Waals surface area contributed by atoms with Crippen molar-refractivity contribution in [2.24, 2.45) is 4.99 Å². The standard InChI is InChI=1S/C13H19N3S/c1-2-4-12-10-16-13(17-12)15-8-6-11-5-3-7-14-9-11/h3,5,7,9,12H,2,4,6,8,10H2,1H3,(H,15,16). The number of aromatic nitrogens is 1. The van der Waals surface area contributed by atoms with Crippen LogP contribution >= 0.6 is 11.8 Å². The summed E-state index contributed by atoms with van der Waals surface area (Å²) in [7, 11) is 0. The molecule has 0 aliphatic carbocycles. The summed E-state index contributed by atoms with van der Waals surface area (Å²) in [5.74, 6) is 0. The third-order valence-electron chi connectivity index (χ3n) is 2.74. The molecule has 1 aliphatic rings. The number of thioether (sulfide) groups is 1. The van der Waals surface area contributed by atoms with Crippen LogP contribution < -0.4 is 5.32 Å². The van der Waals surface area contributed by atoms with Gasteiger partial charge in [-0.3, -0.25) is 9.98 Å². The Morgan fingerprint density at radius 3 is 3.24 bits per heavy atom. The first kappa shape index (κ1) is 12.4. The average molecular weight is 249 g/mol. The molecular weight excluding hydrogens is 230 g/mol. The summed E-state index contributed by atoms with van der Waals surface area (Å²) in [6.07, 6.45) is 7.25.